The first-order valence-electron chi connectivity index (χ1n) is 6.82. The van der Waals surface area contributed by atoms with Gasteiger partial charge in [-0.3, -0.25) is 0 Å². The highest BCUT2D eigenvalue weighted by Gasteiger charge is 2.34. The maximum Gasteiger partial charge on any atom is 0.240 e. The molecule has 0 radical (unpaired) electrons. The average molecular weight is 381 g/mol. The molecule has 3 nitrogen and oxygen atoms in total. The van der Waals surface area contributed by atoms with Crippen molar-refractivity contribution < 1.29 is 8.42 Å². The van der Waals surface area contributed by atoms with Crippen molar-refractivity contribution in [2.45, 2.75) is 44.0 Å². The van der Waals surface area contributed by atoms with E-state index in [1.54, 1.807) is 12.1 Å². The third-order valence-corrected chi connectivity index (χ3v) is 6.96. The van der Waals surface area contributed by atoms with E-state index in [0.29, 0.717) is 21.3 Å². The Hall–Kier alpha value is -0.100. The fourth-order valence-electron chi connectivity index (χ4n) is 2.90. The van der Waals surface area contributed by atoms with Gasteiger partial charge in [-0.25, -0.2) is 13.1 Å². The number of hydrogen-bond donors (Lipinski definition) is 1. The molecule has 1 aliphatic carbocycles. The molecule has 20 heavy (non-hydrogen) atoms. The molecule has 0 spiro atoms. The van der Waals surface area contributed by atoms with E-state index in [-0.39, 0.29) is 10.9 Å². The van der Waals surface area contributed by atoms with Gasteiger partial charge in [-0.1, -0.05) is 31.9 Å². The number of benzene rings is 1. The van der Waals surface area contributed by atoms with Crippen molar-refractivity contribution in [2.24, 2.45) is 11.8 Å². The summed E-state index contributed by atoms with van der Waals surface area (Å²) in [5, 5.41) is 0.504. The molecule has 3 unspecified atom stereocenters. The highest BCUT2D eigenvalue weighted by atomic mass is 79.9. The molecule has 1 saturated carbocycles. The largest absolute Gasteiger partial charge is 0.240 e. The van der Waals surface area contributed by atoms with Crippen LogP contribution in [0.5, 0.6) is 0 Å². The van der Waals surface area contributed by atoms with Crippen molar-refractivity contribution in [1.29, 1.82) is 0 Å². The molecule has 0 aromatic heterocycles. The molecule has 1 fully saturated rings. The van der Waals surface area contributed by atoms with Gasteiger partial charge in [0.2, 0.25) is 10.0 Å². The molecular formula is C14H19BrClNO2S. The van der Waals surface area contributed by atoms with Crippen molar-refractivity contribution in [2.75, 3.05) is 0 Å². The summed E-state index contributed by atoms with van der Waals surface area (Å²) in [5.74, 6) is 0.991. The fourth-order valence-corrected chi connectivity index (χ4v) is 4.94. The zero-order chi connectivity index (χ0) is 14.9. The van der Waals surface area contributed by atoms with Gasteiger partial charge in [0.15, 0.2) is 0 Å². The van der Waals surface area contributed by atoms with Gasteiger partial charge in [0, 0.05) is 10.5 Å². The van der Waals surface area contributed by atoms with Crippen LogP contribution in [0.3, 0.4) is 0 Å². The molecular weight excluding hydrogens is 362 g/mol. The van der Waals surface area contributed by atoms with Crippen LogP contribution in [-0.2, 0) is 10.0 Å². The average Bonchev–Trinajstić information content (AvgIpc) is 2.73. The number of hydrogen-bond acceptors (Lipinski definition) is 2. The molecule has 1 aromatic carbocycles. The Balaban J connectivity index is 2.17. The lowest BCUT2D eigenvalue weighted by Gasteiger charge is -2.21. The number of halogens is 2. The Bertz CT molecular complexity index is 591. The first kappa shape index (κ1) is 16.3. The molecule has 1 aliphatic rings. The first-order chi connectivity index (χ1) is 9.35. The van der Waals surface area contributed by atoms with Crippen LogP contribution in [-0.4, -0.2) is 14.5 Å². The third kappa shape index (κ3) is 3.38. The smallest absolute Gasteiger partial charge is 0.208 e. The summed E-state index contributed by atoms with van der Waals surface area (Å²) in [7, 11) is -3.49. The summed E-state index contributed by atoms with van der Waals surface area (Å²) >= 11 is 9.16. The third-order valence-electron chi connectivity index (χ3n) is 4.26. The first-order valence-corrected chi connectivity index (χ1v) is 9.48. The van der Waals surface area contributed by atoms with Gasteiger partial charge in [-0.2, -0.15) is 0 Å². The summed E-state index contributed by atoms with van der Waals surface area (Å²) < 4.78 is 28.3. The zero-order valence-corrected chi connectivity index (χ0v) is 14.7. The van der Waals surface area contributed by atoms with Crippen LogP contribution in [0.2, 0.25) is 5.02 Å². The number of sulfonamides is 1. The predicted octanol–water partition coefficient (Wildman–Crippen LogP) is 4.21. The molecule has 6 heteroatoms. The van der Waals surface area contributed by atoms with Gasteiger partial charge in [0.1, 0.15) is 0 Å². The Morgan fingerprint density at radius 3 is 2.65 bits per heavy atom. The summed E-state index contributed by atoms with van der Waals surface area (Å²) in [6.07, 6.45) is 3.11. The Morgan fingerprint density at radius 1 is 1.40 bits per heavy atom. The minimum Gasteiger partial charge on any atom is -0.208 e. The Kier molecular flexibility index (Phi) is 5.16. The van der Waals surface area contributed by atoms with Gasteiger partial charge in [-0.15, -0.1) is 0 Å². The molecule has 0 saturated heterocycles. The van der Waals surface area contributed by atoms with Crippen LogP contribution in [0.4, 0.5) is 0 Å². The van der Waals surface area contributed by atoms with E-state index >= 15 is 0 Å². The molecule has 1 aromatic rings. The van der Waals surface area contributed by atoms with E-state index in [4.69, 9.17) is 11.6 Å². The summed E-state index contributed by atoms with van der Waals surface area (Å²) in [5.41, 5.74) is 0. The fraction of sp³-hybridized carbons (Fsp3) is 0.571. The van der Waals surface area contributed by atoms with Crippen LogP contribution in [0.1, 0.15) is 33.1 Å². The maximum absolute atomic E-state index is 12.4. The minimum absolute atomic E-state index is 0.0272. The maximum atomic E-state index is 12.4. The SMILES string of the molecule is CCC1CCC(NS(=O)(=O)c2ccc(Cl)c(Br)c2)C1C. The standard InChI is InChI=1S/C14H19BrClNO2S/c1-3-10-4-7-14(9(10)2)17-20(18,19)11-5-6-13(16)12(15)8-11/h5-6,8-10,14,17H,3-4,7H2,1-2H3. The normalized spacial score (nSPS) is 26.9. The van der Waals surface area contributed by atoms with Gasteiger partial charge in [-0.05, 0) is 58.8 Å². The molecule has 0 amide bonds. The van der Waals surface area contributed by atoms with Crippen molar-refractivity contribution in [1.82, 2.24) is 4.72 Å². The molecule has 3 atom stereocenters. The van der Waals surface area contributed by atoms with Crippen molar-refractivity contribution in [3.05, 3.63) is 27.7 Å². The van der Waals surface area contributed by atoms with E-state index in [2.05, 4.69) is 34.5 Å². The lowest BCUT2D eigenvalue weighted by atomic mass is 9.94. The Morgan fingerprint density at radius 2 is 2.10 bits per heavy atom. The lowest BCUT2D eigenvalue weighted by molar-refractivity contribution is 0.368. The van der Waals surface area contributed by atoms with Crippen LogP contribution in [0.15, 0.2) is 27.6 Å². The van der Waals surface area contributed by atoms with E-state index in [0.717, 1.165) is 19.3 Å². The van der Waals surface area contributed by atoms with E-state index < -0.39 is 10.0 Å². The number of rotatable bonds is 4. The second kappa shape index (κ2) is 6.34. The molecule has 0 bridgehead atoms. The topological polar surface area (TPSA) is 46.2 Å². The molecule has 0 heterocycles. The van der Waals surface area contributed by atoms with E-state index in [1.165, 1.54) is 6.07 Å². The van der Waals surface area contributed by atoms with Gasteiger partial charge in [0.25, 0.3) is 0 Å². The van der Waals surface area contributed by atoms with Crippen LogP contribution in [0.25, 0.3) is 0 Å². The van der Waals surface area contributed by atoms with E-state index in [9.17, 15) is 8.42 Å². The minimum atomic E-state index is -3.49. The second-order valence-corrected chi connectivity index (χ2v) is 8.38. The van der Waals surface area contributed by atoms with Crippen molar-refractivity contribution in [3.63, 3.8) is 0 Å². The van der Waals surface area contributed by atoms with Crippen LogP contribution >= 0.6 is 27.5 Å². The van der Waals surface area contributed by atoms with Gasteiger partial charge in [0.05, 0.1) is 9.92 Å². The van der Waals surface area contributed by atoms with Crippen LogP contribution in [0, 0.1) is 11.8 Å². The number of nitrogens with one attached hydrogen (secondary N) is 1. The molecule has 112 valence electrons. The predicted molar refractivity (Wildman–Crippen MR) is 85.4 cm³/mol. The monoisotopic (exact) mass is 379 g/mol. The summed E-state index contributed by atoms with van der Waals surface area (Å²) in [4.78, 5) is 0.251. The highest BCUT2D eigenvalue weighted by molar-refractivity contribution is 9.10. The van der Waals surface area contributed by atoms with Crippen LogP contribution < -0.4 is 4.72 Å². The second-order valence-electron chi connectivity index (χ2n) is 5.41. The lowest BCUT2D eigenvalue weighted by Crippen LogP contribution is -2.37. The van der Waals surface area contributed by atoms with Crippen molar-refractivity contribution >= 4 is 37.6 Å². The quantitative estimate of drug-likeness (QED) is 0.850. The van der Waals surface area contributed by atoms with E-state index in [1.807, 2.05) is 0 Å². The molecule has 2 rings (SSSR count). The van der Waals surface area contributed by atoms with Crippen molar-refractivity contribution in [3.8, 4) is 0 Å². The summed E-state index contributed by atoms with van der Waals surface area (Å²) in [6, 6.07) is 4.69. The highest BCUT2D eigenvalue weighted by Crippen LogP contribution is 2.35. The zero-order valence-electron chi connectivity index (χ0n) is 11.6. The molecule has 1 N–H and O–H groups in total. The Labute approximate surface area is 134 Å². The van der Waals surface area contributed by atoms with Gasteiger partial charge < -0.3 is 0 Å². The molecule has 0 aliphatic heterocycles. The summed E-state index contributed by atoms with van der Waals surface area (Å²) in [6.45, 7) is 4.29. The van der Waals surface area contributed by atoms with Gasteiger partial charge >= 0.3 is 0 Å².